The summed E-state index contributed by atoms with van der Waals surface area (Å²) in [6.07, 6.45) is 3.13. The van der Waals surface area contributed by atoms with Gasteiger partial charge in [-0.25, -0.2) is 0 Å². The van der Waals surface area contributed by atoms with E-state index in [4.69, 9.17) is 10.4 Å². The van der Waals surface area contributed by atoms with E-state index in [9.17, 15) is 0 Å². The predicted octanol–water partition coefficient (Wildman–Crippen LogP) is 2.43. The Balaban J connectivity index is 2.79. The number of aliphatic imine (C=N–C) groups is 1. The molecule has 0 bridgehead atoms. The Bertz CT molecular complexity index is 402. The molecule has 0 radical (unpaired) electrons. The zero-order chi connectivity index (χ0) is 13.2. The second kappa shape index (κ2) is 8.25. The van der Waals surface area contributed by atoms with Gasteiger partial charge in [0.25, 0.3) is 0 Å². The van der Waals surface area contributed by atoms with E-state index in [2.05, 4.69) is 17.1 Å². The maximum Gasteiger partial charge on any atom is 0.175 e. The number of oxime groups is 1. The molecule has 0 fully saturated rings. The lowest BCUT2D eigenvalue weighted by Crippen LogP contribution is -2.29. The van der Waals surface area contributed by atoms with Gasteiger partial charge in [0.05, 0.1) is 0 Å². The fraction of sp³-hybridized carbons (Fsp3) is 0.385. The molecule has 0 unspecified atom stereocenters. The highest BCUT2D eigenvalue weighted by Crippen LogP contribution is 2.03. The second-order valence-corrected chi connectivity index (χ2v) is 3.86. The minimum absolute atomic E-state index is 0.180. The summed E-state index contributed by atoms with van der Waals surface area (Å²) >= 11 is 0. The van der Waals surface area contributed by atoms with Gasteiger partial charge in [-0.2, -0.15) is 0 Å². The molecule has 1 rings (SSSR count). The van der Waals surface area contributed by atoms with E-state index in [-0.39, 0.29) is 11.5 Å². The molecular weight excluding hydrogens is 230 g/mol. The highest BCUT2D eigenvalue weighted by Gasteiger charge is 2.11. The molecule has 0 heterocycles. The molecule has 1 aromatic carbocycles. The average molecular weight is 249 g/mol. The maximum absolute atomic E-state index is 9.07. The number of nitrogens with zero attached hydrogens (tertiary/aromatic N) is 2. The average Bonchev–Trinajstić information content (AvgIpc) is 2.43. The summed E-state index contributed by atoms with van der Waals surface area (Å²) in [5.41, 5.74) is 2.91. The number of benzene rings is 1. The van der Waals surface area contributed by atoms with Crippen molar-refractivity contribution in [3.8, 4) is 0 Å². The lowest BCUT2D eigenvalue weighted by Gasteiger charge is -2.07. The quantitative estimate of drug-likeness (QED) is 0.238. The van der Waals surface area contributed by atoms with Crippen LogP contribution in [0.5, 0.6) is 0 Å². The van der Waals surface area contributed by atoms with Crippen molar-refractivity contribution in [3.63, 3.8) is 0 Å². The lowest BCUT2D eigenvalue weighted by atomic mass is 10.1. The highest BCUT2D eigenvalue weighted by molar-refractivity contribution is 6.47. The number of nitrogens with one attached hydrogen (secondary N) is 1. The molecular formula is C13H19N3O2. The Morgan fingerprint density at radius 1 is 1.22 bits per heavy atom. The smallest absolute Gasteiger partial charge is 0.175 e. The number of rotatable bonds is 6. The number of amidine groups is 1. The normalized spacial score (nSPS) is 12.6. The molecule has 0 atom stereocenters. The van der Waals surface area contributed by atoms with Gasteiger partial charge in [0.15, 0.2) is 11.5 Å². The zero-order valence-corrected chi connectivity index (χ0v) is 10.5. The fourth-order valence-electron chi connectivity index (χ4n) is 1.55. The Morgan fingerprint density at radius 2 is 1.94 bits per heavy atom. The minimum atomic E-state index is 0.180. The molecule has 18 heavy (non-hydrogen) atoms. The van der Waals surface area contributed by atoms with E-state index < -0.39 is 0 Å². The van der Waals surface area contributed by atoms with Gasteiger partial charge in [0.2, 0.25) is 0 Å². The van der Waals surface area contributed by atoms with Crippen molar-refractivity contribution in [1.82, 2.24) is 5.48 Å². The van der Waals surface area contributed by atoms with E-state index in [0.717, 1.165) is 19.3 Å². The highest BCUT2D eigenvalue weighted by atomic mass is 16.5. The van der Waals surface area contributed by atoms with Crippen LogP contribution in [0, 0.1) is 0 Å². The molecule has 98 valence electrons. The molecule has 0 spiro atoms. The molecule has 0 saturated carbocycles. The maximum atomic E-state index is 9.07. The third-order valence-electron chi connectivity index (χ3n) is 2.51. The van der Waals surface area contributed by atoms with Crippen molar-refractivity contribution in [2.75, 3.05) is 6.54 Å². The fourth-order valence-corrected chi connectivity index (χ4v) is 1.55. The van der Waals surface area contributed by atoms with Crippen LogP contribution >= 0.6 is 0 Å². The van der Waals surface area contributed by atoms with Gasteiger partial charge in [-0.1, -0.05) is 55.3 Å². The Morgan fingerprint density at radius 3 is 2.50 bits per heavy atom. The first kappa shape index (κ1) is 14.2. The SMILES string of the molecule is CCCCCN=C(NO)/C(=N\O)c1ccccc1. The van der Waals surface area contributed by atoms with E-state index in [1.807, 2.05) is 23.7 Å². The third kappa shape index (κ3) is 4.18. The van der Waals surface area contributed by atoms with Crippen LogP contribution in [-0.4, -0.2) is 28.5 Å². The van der Waals surface area contributed by atoms with E-state index in [1.165, 1.54) is 0 Å². The van der Waals surface area contributed by atoms with Crippen LogP contribution in [-0.2, 0) is 0 Å². The van der Waals surface area contributed by atoms with Crippen LogP contribution in [0.3, 0.4) is 0 Å². The van der Waals surface area contributed by atoms with Gasteiger partial charge < -0.3 is 5.21 Å². The van der Waals surface area contributed by atoms with Crippen molar-refractivity contribution in [3.05, 3.63) is 35.9 Å². The van der Waals surface area contributed by atoms with Crippen molar-refractivity contribution in [2.24, 2.45) is 10.1 Å². The predicted molar refractivity (Wildman–Crippen MR) is 71.5 cm³/mol. The van der Waals surface area contributed by atoms with Gasteiger partial charge in [0, 0.05) is 12.1 Å². The van der Waals surface area contributed by atoms with Crippen molar-refractivity contribution in [1.29, 1.82) is 0 Å². The molecule has 0 saturated heterocycles. The number of hydrogen-bond acceptors (Lipinski definition) is 4. The van der Waals surface area contributed by atoms with Crippen molar-refractivity contribution in [2.45, 2.75) is 26.2 Å². The molecule has 0 aliphatic heterocycles. The molecule has 5 nitrogen and oxygen atoms in total. The minimum Gasteiger partial charge on any atom is -0.410 e. The van der Waals surface area contributed by atoms with Crippen molar-refractivity contribution >= 4 is 11.5 Å². The summed E-state index contributed by atoms with van der Waals surface area (Å²) in [4.78, 5) is 4.19. The molecule has 0 aromatic heterocycles. The molecule has 3 N–H and O–H groups in total. The summed E-state index contributed by atoms with van der Waals surface area (Å²) in [6.45, 7) is 2.70. The second-order valence-electron chi connectivity index (χ2n) is 3.86. The standard InChI is InChI=1S/C13H19N3O2/c1-2-3-7-10-14-13(16-18)12(15-17)11-8-5-4-6-9-11/h4-6,8-9,17-18H,2-3,7,10H2,1H3,(H,14,16)/b15-12-. The first-order valence-electron chi connectivity index (χ1n) is 6.05. The third-order valence-corrected chi connectivity index (χ3v) is 2.51. The molecule has 1 aromatic rings. The summed E-state index contributed by atoms with van der Waals surface area (Å²) < 4.78 is 0. The Hall–Kier alpha value is -1.88. The topological polar surface area (TPSA) is 77.2 Å². The molecule has 5 heteroatoms. The van der Waals surface area contributed by atoms with Gasteiger partial charge in [-0.05, 0) is 6.42 Å². The first-order valence-corrected chi connectivity index (χ1v) is 6.05. The Kier molecular flexibility index (Phi) is 6.50. The summed E-state index contributed by atoms with van der Waals surface area (Å²) in [5.74, 6) is 0.180. The molecule has 0 amide bonds. The van der Waals surface area contributed by atoms with Gasteiger partial charge in [0.1, 0.15) is 0 Å². The van der Waals surface area contributed by atoms with Crippen LogP contribution in [0.1, 0.15) is 31.7 Å². The van der Waals surface area contributed by atoms with E-state index >= 15 is 0 Å². The summed E-state index contributed by atoms with van der Waals surface area (Å²) in [7, 11) is 0. The molecule has 0 aliphatic rings. The van der Waals surface area contributed by atoms with Gasteiger partial charge >= 0.3 is 0 Å². The van der Waals surface area contributed by atoms with Gasteiger partial charge in [-0.15, -0.1) is 0 Å². The van der Waals surface area contributed by atoms with Crippen LogP contribution in [0.2, 0.25) is 0 Å². The Labute approximate surface area is 107 Å². The number of hydroxylamine groups is 1. The van der Waals surface area contributed by atoms with Crippen LogP contribution in [0.15, 0.2) is 40.5 Å². The van der Waals surface area contributed by atoms with E-state index in [0.29, 0.717) is 12.1 Å². The number of hydrogen-bond donors (Lipinski definition) is 3. The molecule has 0 aliphatic carbocycles. The first-order chi connectivity index (χ1) is 8.83. The summed E-state index contributed by atoms with van der Waals surface area (Å²) in [6, 6.07) is 9.09. The summed E-state index contributed by atoms with van der Waals surface area (Å²) in [5, 5.41) is 21.3. The zero-order valence-electron chi connectivity index (χ0n) is 10.5. The monoisotopic (exact) mass is 249 g/mol. The largest absolute Gasteiger partial charge is 0.410 e. The van der Waals surface area contributed by atoms with Crippen LogP contribution < -0.4 is 5.48 Å². The van der Waals surface area contributed by atoms with Crippen LogP contribution in [0.4, 0.5) is 0 Å². The van der Waals surface area contributed by atoms with E-state index in [1.54, 1.807) is 12.1 Å². The van der Waals surface area contributed by atoms with Crippen LogP contribution in [0.25, 0.3) is 0 Å². The number of unbranched alkanes of at least 4 members (excludes halogenated alkanes) is 2. The lowest BCUT2D eigenvalue weighted by molar-refractivity contribution is 0.235. The van der Waals surface area contributed by atoms with Crippen molar-refractivity contribution < 1.29 is 10.4 Å². The van der Waals surface area contributed by atoms with Gasteiger partial charge in [-0.3, -0.25) is 15.7 Å².